The predicted molar refractivity (Wildman–Crippen MR) is 143 cm³/mol. The summed E-state index contributed by atoms with van der Waals surface area (Å²) < 4.78 is 14.6. The first-order chi connectivity index (χ1) is 15.7. The molecule has 3 nitrogen and oxygen atoms in total. The van der Waals surface area contributed by atoms with Crippen molar-refractivity contribution in [3.63, 3.8) is 0 Å². The van der Waals surface area contributed by atoms with Gasteiger partial charge < -0.3 is 4.57 Å². The van der Waals surface area contributed by atoms with Gasteiger partial charge in [0, 0.05) is 10.9 Å². The van der Waals surface area contributed by atoms with Gasteiger partial charge in [-0.05, 0) is 42.0 Å². The van der Waals surface area contributed by atoms with Gasteiger partial charge in [0.05, 0.1) is 25.7 Å². The molecule has 3 rings (SSSR count). The lowest BCUT2D eigenvalue weighted by atomic mass is 9.84. The van der Waals surface area contributed by atoms with Crippen LogP contribution < -0.4 is 5.30 Å². The number of hydrogen-bond acceptors (Lipinski definition) is 3. The van der Waals surface area contributed by atoms with Crippen LogP contribution in [0.4, 0.5) is 0 Å². The van der Waals surface area contributed by atoms with Crippen LogP contribution in [0, 0.1) is 13.8 Å². The van der Waals surface area contributed by atoms with Crippen LogP contribution in [0.3, 0.4) is 0 Å². The third kappa shape index (κ3) is 4.74. The van der Waals surface area contributed by atoms with Crippen LogP contribution >= 0.6 is 53.5 Å². The first-order valence-corrected chi connectivity index (χ1v) is 13.6. The minimum atomic E-state index is -4.46. The zero-order valence-corrected chi connectivity index (χ0v) is 23.2. The SMILES string of the molecule is Cc1cc(C(C)(C)C)cc(C)c1C(=O)P(=O)(C(=O)c1c(Cl)c(Cl)cc(Cl)c1Cl)c1ccccc1. The van der Waals surface area contributed by atoms with E-state index in [9.17, 15) is 14.2 Å². The van der Waals surface area contributed by atoms with E-state index >= 15 is 0 Å². The van der Waals surface area contributed by atoms with Crippen molar-refractivity contribution in [2.45, 2.75) is 40.0 Å². The highest BCUT2D eigenvalue weighted by atomic mass is 35.5. The fourth-order valence-electron chi connectivity index (χ4n) is 3.77. The van der Waals surface area contributed by atoms with Gasteiger partial charge in [-0.25, -0.2) is 0 Å². The number of aryl methyl sites for hydroxylation is 2. The molecule has 3 aromatic carbocycles. The Hall–Kier alpha value is -1.61. The average Bonchev–Trinajstić information content (AvgIpc) is 2.76. The van der Waals surface area contributed by atoms with Crippen molar-refractivity contribution < 1.29 is 14.2 Å². The highest BCUT2D eigenvalue weighted by Gasteiger charge is 2.45. The van der Waals surface area contributed by atoms with Crippen LogP contribution in [0.1, 0.15) is 58.2 Å². The summed E-state index contributed by atoms with van der Waals surface area (Å²) in [5, 5.41) is -0.406. The minimum Gasteiger partial charge on any atom is -0.302 e. The molecule has 0 aliphatic rings. The van der Waals surface area contributed by atoms with Crippen molar-refractivity contribution in [3.8, 4) is 0 Å². The van der Waals surface area contributed by atoms with E-state index in [4.69, 9.17) is 46.4 Å². The topological polar surface area (TPSA) is 51.2 Å². The predicted octanol–water partition coefficient (Wildman–Crippen LogP) is 8.88. The molecule has 0 spiro atoms. The molecule has 0 saturated carbocycles. The smallest absolute Gasteiger partial charge is 0.248 e. The van der Waals surface area contributed by atoms with E-state index in [0.29, 0.717) is 11.1 Å². The van der Waals surface area contributed by atoms with E-state index in [0.717, 1.165) is 5.56 Å². The third-order valence-corrected chi connectivity index (χ3v) is 9.82. The molecular formula is C26H23Cl4O3P. The molecule has 0 aromatic heterocycles. The summed E-state index contributed by atoms with van der Waals surface area (Å²) in [6.45, 7) is 9.73. The van der Waals surface area contributed by atoms with Gasteiger partial charge in [-0.15, -0.1) is 0 Å². The van der Waals surface area contributed by atoms with E-state index in [1.807, 2.05) is 12.1 Å². The molecule has 0 heterocycles. The van der Waals surface area contributed by atoms with Gasteiger partial charge in [0.1, 0.15) is 0 Å². The van der Waals surface area contributed by atoms with E-state index in [2.05, 4.69) is 20.8 Å². The first-order valence-electron chi connectivity index (χ1n) is 10.4. The number of rotatable bonds is 5. The molecular weight excluding hydrogens is 533 g/mol. The Balaban J connectivity index is 2.33. The van der Waals surface area contributed by atoms with Crippen LogP contribution in [0.5, 0.6) is 0 Å². The number of benzene rings is 3. The number of hydrogen-bond donors (Lipinski definition) is 0. The van der Waals surface area contributed by atoms with Crippen molar-refractivity contribution >= 4 is 69.9 Å². The maximum absolute atomic E-state index is 14.6. The van der Waals surface area contributed by atoms with Gasteiger partial charge in [-0.3, -0.25) is 9.59 Å². The molecule has 178 valence electrons. The maximum Gasteiger partial charge on any atom is 0.248 e. The third-order valence-electron chi connectivity index (χ3n) is 5.63. The number of carbonyl (C=O) groups is 2. The zero-order chi connectivity index (χ0) is 25.6. The van der Waals surface area contributed by atoms with Crippen molar-refractivity contribution in [3.05, 3.63) is 96.4 Å². The van der Waals surface area contributed by atoms with Gasteiger partial charge in [-0.1, -0.05) is 110 Å². The summed E-state index contributed by atoms with van der Waals surface area (Å²) in [6, 6.07) is 13.0. The van der Waals surface area contributed by atoms with E-state index in [1.54, 1.807) is 32.0 Å². The lowest BCUT2D eigenvalue weighted by Gasteiger charge is -2.24. The Morgan fingerprint density at radius 2 is 1.18 bits per heavy atom. The quantitative estimate of drug-likeness (QED) is 0.233. The second-order valence-corrected chi connectivity index (χ2v) is 13.3. The number of halogens is 4. The highest BCUT2D eigenvalue weighted by molar-refractivity contribution is 8.01. The molecule has 0 amide bonds. The standard InChI is InChI=1S/C26H23Cl4O3P/c1-14-11-16(26(3,4)5)12-15(2)20(14)24(31)34(33,17-9-7-6-8-10-17)25(32)21-22(29)18(27)13-19(28)23(21)30/h6-13H,1-5H3. The summed E-state index contributed by atoms with van der Waals surface area (Å²) >= 11 is 24.9. The largest absolute Gasteiger partial charge is 0.302 e. The Kier molecular flexibility index (Phi) is 7.78. The van der Waals surface area contributed by atoms with E-state index in [-0.39, 0.29) is 41.9 Å². The maximum atomic E-state index is 14.6. The fourth-order valence-corrected chi connectivity index (χ4v) is 7.34. The van der Waals surface area contributed by atoms with Crippen molar-refractivity contribution in [2.75, 3.05) is 0 Å². The molecule has 0 aliphatic carbocycles. The first kappa shape index (κ1) is 27.0. The lowest BCUT2D eigenvalue weighted by Crippen LogP contribution is -2.23. The van der Waals surface area contributed by atoms with Gasteiger partial charge in [-0.2, -0.15) is 0 Å². The molecule has 0 bridgehead atoms. The zero-order valence-electron chi connectivity index (χ0n) is 19.3. The Labute approximate surface area is 219 Å². The second kappa shape index (κ2) is 9.80. The summed E-state index contributed by atoms with van der Waals surface area (Å²) in [6.07, 6.45) is 0. The van der Waals surface area contributed by atoms with Crippen molar-refractivity contribution in [2.24, 2.45) is 0 Å². The summed E-state index contributed by atoms with van der Waals surface area (Å²) in [4.78, 5) is 27.9. The van der Waals surface area contributed by atoms with Gasteiger partial charge >= 0.3 is 0 Å². The molecule has 0 saturated heterocycles. The van der Waals surface area contributed by atoms with E-state index in [1.165, 1.54) is 18.2 Å². The monoisotopic (exact) mass is 554 g/mol. The van der Waals surface area contributed by atoms with E-state index < -0.39 is 18.2 Å². The molecule has 34 heavy (non-hydrogen) atoms. The number of carbonyl (C=O) groups excluding carboxylic acids is 2. The second-order valence-electron chi connectivity index (χ2n) is 9.13. The van der Waals surface area contributed by atoms with Crippen LogP contribution in [-0.2, 0) is 9.98 Å². The van der Waals surface area contributed by atoms with Crippen molar-refractivity contribution in [1.29, 1.82) is 0 Å². The molecule has 0 fully saturated rings. The summed E-state index contributed by atoms with van der Waals surface area (Å²) in [5.74, 6) is 0. The molecule has 8 heteroatoms. The lowest BCUT2D eigenvalue weighted by molar-refractivity contribution is 0.104. The Morgan fingerprint density at radius 3 is 1.62 bits per heavy atom. The van der Waals surface area contributed by atoms with Crippen LogP contribution in [-0.4, -0.2) is 11.0 Å². The summed E-state index contributed by atoms with van der Waals surface area (Å²) in [5.41, 5.74) is 0.211. The molecule has 0 N–H and O–H groups in total. The summed E-state index contributed by atoms with van der Waals surface area (Å²) in [7, 11) is -4.46. The Morgan fingerprint density at radius 1 is 0.735 bits per heavy atom. The molecule has 0 aliphatic heterocycles. The minimum absolute atomic E-state index is 0.0339. The molecule has 1 unspecified atom stereocenters. The molecule has 3 aromatic rings. The normalized spacial score (nSPS) is 13.4. The van der Waals surface area contributed by atoms with Crippen LogP contribution in [0.2, 0.25) is 20.1 Å². The van der Waals surface area contributed by atoms with Gasteiger partial charge in [0.25, 0.3) is 0 Å². The van der Waals surface area contributed by atoms with Gasteiger partial charge in [0.15, 0.2) is 0 Å². The Bertz CT molecular complexity index is 1310. The highest BCUT2D eigenvalue weighted by Crippen LogP contribution is 2.55. The van der Waals surface area contributed by atoms with Crippen LogP contribution in [0.15, 0.2) is 48.5 Å². The molecule has 0 radical (unpaired) electrons. The van der Waals surface area contributed by atoms with Gasteiger partial charge in [0.2, 0.25) is 18.2 Å². The fraction of sp³-hybridized carbons (Fsp3) is 0.231. The average molecular weight is 556 g/mol. The molecule has 1 atom stereocenters. The van der Waals surface area contributed by atoms with Crippen LogP contribution in [0.25, 0.3) is 0 Å². The van der Waals surface area contributed by atoms with Crippen molar-refractivity contribution in [1.82, 2.24) is 0 Å².